The molecule has 7 heteroatoms. The van der Waals surface area contributed by atoms with Crippen LogP contribution in [0.25, 0.3) is 0 Å². The molecule has 22 heavy (non-hydrogen) atoms. The number of aliphatic carboxylic acids is 1. The van der Waals surface area contributed by atoms with Gasteiger partial charge in [0.2, 0.25) is 0 Å². The molecule has 1 heterocycles. The molecular formula is C15H20BrN3O3. The van der Waals surface area contributed by atoms with E-state index in [4.69, 9.17) is 5.11 Å². The number of hydrogen-bond donors (Lipinski definition) is 3. The first-order chi connectivity index (χ1) is 10.6. The number of benzene rings is 1. The molecule has 1 aliphatic rings. The lowest BCUT2D eigenvalue weighted by Crippen LogP contribution is -2.31. The fourth-order valence-corrected chi connectivity index (χ4v) is 2.81. The van der Waals surface area contributed by atoms with Crippen LogP contribution in [0.4, 0.5) is 16.2 Å². The number of nitrogens with zero attached hydrogens (tertiary/aromatic N) is 1. The molecular weight excluding hydrogens is 350 g/mol. The van der Waals surface area contributed by atoms with Crippen LogP contribution >= 0.6 is 15.9 Å². The SMILES string of the molecule is O=C(O)CCCNC(=O)Nc1cc(Br)ccc1N1CCCC1. The molecule has 6 nitrogen and oxygen atoms in total. The van der Waals surface area contributed by atoms with Crippen LogP contribution in [0.15, 0.2) is 22.7 Å². The molecule has 1 saturated heterocycles. The first-order valence-corrected chi connectivity index (χ1v) is 8.17. The predicted molar refractivity (Wildman–Crippen MR) is 89.5 cm³/mol. The van der Waals surface area contributed by atoms with Crippen LogP contribution in [-0.2, 0) is 4.79 Å². The van der Waals surface area contributed by atoms with E-state index in [-0.39, 0.29) is 12.5 Å². The zero-order valence-electron chi connectivity index (χ0n) is 12.3. The minimum atomic E-state index is -0.856. The Morgan fingerprint density at radius 2 is 2.00 bits per heavy atom. The van der Waals surface area contributed by atoms with Gasteiger partial charge in [0.15, 0.2) is 0 Å². The summed E-state index contributed by atoms with van der Waals surface area (Å²) in [5, 5.41) is 14.1. The largest absolute Gasteiger partial charge is 0.481 e. The fraction of sp³-hybridized carbons (Fsp3) is 0.467. The van der Waals surface area contributed by atoms with Gasteiger partial charge in [-0.15, -0.1) is 0 Å². The van der Waals surface area contributed by atoms with Gasteiger partial charge >= 0.3 is 12.0 Å². The van der Waals surface area contributed by atoms with Crippen molar-refractivity contribution in [3.63, 3.8) is 0 Å². The van der Waals surface area contributed by atoms with E-state index in [0.29, 0.717) is 13.0 Å². The molecule has 1 aromatic carbocycles. The Morgan fingerprint density at radius 3 is 2.68 bits per heavy atom. The molecule has 1 fully saturated rings. The van der Waals surface area contributed by atoms with Gasteiger partial charge in [-0.25, -0.2) is 4.79 Å². The summed E-state index contributed by atoms with van der Waals surface area (Å²) in [6.07, 6.45) is 2.80. The number of carboxylic acid groups (broad SMARTS) is 1. The van der Waals surface area contributed by atoms with Gasteiger partial charge in [-0.1, -0.05) is 15.9 Å². The average molecular weight is 370 g/mol. The highest BCUT2D eigenvalue weighted by Crippen LogP contribution is 2.31. The van der Waals surface area contributed by atoms with Gasteiger partial charge < -0.3 is 20.6 Å². The highest BCUT2D eigenvalue weighted by atomic mass is 79.9. The van der Waals surface area contributed by atoms with E-state index in [9.17, 15) is 9.59 Å². The summed E-state index contributed by atoms with van der Waals surface area (Å²) < 4.78 is 0.900. The van der Waals surface area contributed by atoms with Crippen molar-refractivity contribution in [2.75, 3.05) is 29.9 Å². The maximum absolute atomic E-state index is 11.9. The van der Waals surface area contributed by atoms with E-state index in [1.165, 1.54) is 0 Å². The molecule has 0 bridgehead atoms. The molecule has 0 aromatic heterocycles. The van der Waals surface area contributed by atoms with E-state index in [1.807, 2.05) is 18.2 Å². The highest BCUT2D eigenvalue weighted by Gasteiger charge is 2.17. The zero-order valence-corrected chi connectivity index (χ0v) is 13.9. The highest BCUT2D eigenvalue weighted by molar-refractivity contribution is 9.10. The molecule has 0 radical (unpaired) electrons. The molecule has 0 atom stereocenters. The Balaban J connectivity index is 1.94. The van der Waals surface area contributed by atoms with Gasteiger partial charge in [0.05, 0.1) is 11.4 Å². The Kier molecular flexibility index (Phi) is 6.06. The van der Waals surface area contributed by atoms with Crippen molar-refractivity contribution in [3.05, 3.63) is 22.7 Å². The number of nitrogens with one attached hydrogen (secondary N) is 2. The van der Waals surface area contributed by atoms with E-state index in [1.54, 1.807) is 0 Å². The molecule has 1 aromatic rings. The Bertz CT molecular complexity index is 545. The lowest BCUT2D eigenvalue weighted by Gasteiger charge is -2.22. The summed E-state index contributed by atoms with van der Waals surface area (Å²) in [5.41, 5.74) is 1.77. The number of amides is 2. The lowest BCUT2D eigenvalue weighted by atomic mass is 10.2. The van der Waals surface area contributed by atoms with Crippen molar-refractivity contribution < 1.29 is 14.7 Å². The molecule has 0 saturated carbocycles. The molecule has 0 spiro atoms. The summed E-state index contributed by atoms with van der Waals surface area (Å²) in [6.45, 7) is 2.33. The maximum Gasteiger partial charge on any atom is 0.319 e. The van der Waals surface area contributed by atoms with Crippen LogP contribution in [-0.4, -0.2) is 36.7 Å². The minimum absolute atomic E-state index is 0.0518. The smallest absolute Gasteiger partial charge is 0.319 e. The quantitative estimate of drug-likeness (QED) is 0.673. The molecule has 0 aliphatic carbocycles. The molecule has 3 N–H and O–H groups in total. The third-order valence-corrected chi connectivity index (χ3v) is 4.00. The van der Waals surface area contributed by atoms with Gasteiger partial charge in [0.25, 0.3) is 0 Å². The van der Waals surface area contributed by atoms with Crippen LogP contribution in [0.2, 0.25) is 0 Å². The van der Waals surface area contributed by atoms with E-state index in [0.717, 1.165) is 41.8 Å². The third-order valence-electron chi connectivity index (χ3n) is 3.51. The standard InChI is InChI=1S/C15H20BrN3O3/c16-11-5-6-13(19-8-1-2-9-19)12(10-11)18-15(22)17-7-3-4-14(20)21/h5-6,10H,1-4,7-9H2,(H,20,21)(H2,17,18,22). The van der Waals surface area contributed by atoms with Crippen molar-refractivity contribution in [2.24, 2.45) is 0 Å². The van der Waals surface area contributed by atoms with Crippen molar-refractivity contribution in [2.45, 2.75) is 25.7 Å². The van der Waals surface area contributed by atoms with Crippen LogP contribution in [0.1, 0.15) is 25.7 Å². The topological polar surface area (TPSA) is 81.7 Å². The molecule has 2 amide bonds. The maximum atomic E-state index is 11.9. The van der Waals surface area contributed by atoms with Crippen LogP contribution in [0, 0.1) is 0 Å². The molecule has 2 rings (SSSR count). The average Bonchev–Trinajstić information content (AvgIpc) is 2.97. The Labute approximate surface area is 138 Å². The monoisotopic (exact) mass is 369 g/mol. The number of hydrogen-bond acceptors (Lipinski definition) is 3. The number of rotatable bonds is 6. The van der Waals surface area contributed by atoms with Crippen molar-refractivity contribution >= 4 is 39.3 Å². The fourth-order valence-electron chi connectivity index (χ4n) is 2.45. The van der Waals surface area contributed by atoms with Gasteiger partial charge in [0.1, 0.15) is 0 Å². The second kappa shape index (κ2) is 8.03. The summed E-state index contributed by atoms with van der Waals surface area (Å²) in [7, 11) is 0. The van der Waals surface area contributed by atoms with Gasteiger partial charge in [0, 0.05) is 30.5 Å². The minimum Gasteiger partial charge on any atom is -0.481 e. The Hall–Kier alpha value is -1.76. The number of carbonyl (C=O) groups is 2. The van der Waals surface area contributed by atoms with Gasteiger partial charge in [-0.2, -0.15) is 0 Å². The predicted octanol–water partition coefficient (Wildman–Crippen LogP) is 3.04. The van der Waals surface area contributed by atoms with Gasteiger partial charge in [-0.05, 0) is 37.5 Å². The first kappa shape index (κ1) is 16.6. The second-order valence-corrected chi connectivity index (χ2v) is 6.15. The number of carbonyl (C=O) groups excluding carboxylic acids is 1. The van der Waals surface area contributed by atoms with Crippen molar-refractivity contribution in [3.8, 4) is 0 Å². The van der Waals surface area contributed by atoms with E-state index in [2.05, 4.69) is 31.5 Å². The Morgan fingerprint density at radius 1 is 1.27 bits per heavy atom. The first-order valence-electron chi connectivity index (χ1n) is 7.37. The number of anilines is 2. The summed E-state index contributed by atoms with van der Waals surface area (Å²) in [4.78, 5) is 24.6. The van der Waals surface area contributed by atoms with Crippen LogP contribution < -0.4 is 15.5 Å². The summed E-state index contributed by atoms with van der Waals surface area (Å²) in [5.74, 6) is -0.856. The third kappa shape index (κ3) is 4.91. The normalized spacial score (nSPS) is 14.0. The summed E-state index contributed by atoms with van der Waals surface area (Å²) in [6, 6.07) is 5.52. The molecule has 120 valence electrons. The number of halogens is 1. The summed E-state index contributed by atoms with van der Waals surface area (Å²) >= 11 is 3.42. The van der Waals surface area contributed by atoms with Crippen LogP contribution in [0.3, 0.4) is 0 Å². The number of urea groups is 1. The lowest BCUT2D eigenvalue weighted by molar-refractivity contribution is -0.137. The molecule has 0 unspecified atom stereocenters. The second-order valence-electron chi connectivity index (χ2n) is 5.23. The van der Waals surface area contributed by atoms with E-state index < -0.39 is 5.97 Å². The van der Waals surface area contributed by atoms with Crippen LogP contribution in [0.5, 0.6) is 0 Å². The van der Waals surface area contributed by atoms with E-state index >= 15 is 0 Å². The molecule has 1 aliphatic heterocycles. The van der Waals surface area contributed by atoms with Crippen molar-refractivity contribution in [1.82, 2.24) is 5.32 Å². The number of carboxylic acids is 1. The van der Waals surface area contributed by atoms with Crippen molar-refractivity contribution in [1.29, 1.82) is 0 Å². The van der Waals surface area contributed by atoms with Gasteiger partial charge in [-0.3, -0.25) is 4.79 Å². The zero-order chi connectivity index (χ0) is 15.9.